The Kier molecular flexibility index (Phi) is 39.5. The van der Waals surface area contributed by atoms with Crippen molar-refractivity contribution in [1.29, 1.82) is 0 Å². The molecule has 6 rings (SSSR count). The summed E-state index contributed by atoms with van der Waals surface area (Å²) in [6.07, 6.45) is 2.49. The minimum atomic E-state index is -5.46. The number of nitrogens with zero attached hydrogens (tertiary/aromatic N) is 8. The Morgan fingerprint density at radius 1 is 0.453 bits per heavy atom. The van der Waals surface area contributed by atoms with Crippen molar-refractivity contribution in [1.82, 2.24) is 29.9 Å². The third kappa shape index (κ3) is 25.7. The molecule has 0 radical (unpaired) electrons. The molecule has 0 aliphatic carbocycles. The third-order valence-corrected chi connectivity index (χ3v) is 14.8. The molecule has 0 spiro atoms. The molecule has 0 aliphatic rings. The number of rotatable bonds is 30. The van der Waals surface area contributed by atoms with Gasteiger partial charge >= 0.3 is 177 Å². The zero-order valence-corrected chi connectivity index (χ0v) is 62.8. The van der Waals surface area contributed by atoms with Crippen LogP contribution >= 0.6 is 24.1 Å². The number of anilines is 10. The Morgan fingerprint density at radius 3 is 1.28 bits per heavy atom. The Morgan fingerprint density at radius 2 is 0.849 bits per heavy atom. The molecule has 0 atom stereocenters. The number of aromatic nitrogens is 6. The molecule has 432 valence electrons. The van der Waals surface area contributed by atoms with Crippen LogP contribution in [0.1, 0.15) is 11.1 Å². The standard InChI is InChI=1S/C40H44N12O22S6.6Na/c53-15-11-51(12-16-54)39-47-35(45-38(50-39)44-30-10-8-28(77(59,60)61)22-34(30)80(68,69)70)41-25-5-3-23(31(19-25)76-74-72-58)1-2-24-4-6-26(20-32(24)78(62,63)64)42-36-46-37(49-40(48-36)52(13-17-55)14-18-56)43-29-9-7-27(75-73-71-57)21-33(29)79(65,66)67;;;;;;/h1-10,19-22,53-58H,11-18H2,(H,59,60,61)(H,62,63,64)(H,65,66,67)(H,68,69,70)(H2,41,44,45,47,50)(H2,42,43,46,48,49);;;;;;/q;6*+1/p-6/b2-1+;;;;;;. The van der Waals surface area contributed by atoms with Crippen LogP contribution in [-0.2, 0) is 59.2 Å². The molecule has 86 heavy (non-hydrogen) atoms. The second kappa shape index (κ2) is 39.8. The normalized spacial score (nSPS) is 11.3. The fourth-order valence-electron chi connectivity index (χ4n) is 6.75. The average Bonchev–Trinajstić information content (AvgIpc) is 3.38. The summed E-state index contributed by atoms with van der Waals surface area (Å²) in [7, 11) is -21.2. The fraction of sp³-hybridized carbons (Fsp3) is 0.200. The molecular formula is C40H38N12Na6O22S6. The van der Waals surface area contributed by atoms with Crippen LogP contribution in [-0.4, -0.2) is 155 Å². The third-order valence-electron chi connectivity index (χ3n) is 10.1. The van der Waals surface area contributed by atoms with Gasteiger partial charge in [-0.05, 0) is 71.8 Å². The van der Waals surface area contributed by atoms with Gasteiger partial charge in [0.05, 0.1) is 81.5 Å². The van der Waals surface area contributed by atoms with E-state index in [1.807, 2.05) is 0 Å². The van der Waals surface area contributed by atoms with Crippen LogP contribution in [0.2, 0.25) is 0 Å². The maximum atomic E-state index is 12.8. The van der Waals surface area contributed by atoms with Crippen molar-refractivity contribution < 1.29 is 279 Å². The van der Waals surface area contributed by atoms with E-state index in [1.165, 1.54) is 58.4 Å². The van der Waals surface area contributed by atoms with E-state index in [2.05, 4.69) is 69.9 Å². The van der Waals surface area contributed by atoms with Crippen molar-refractivity contribution in [3.05, 3.63) is 83.9 Å². The summed E-state index contributed by atoms with van der Waals surface area (Å²) in [6.45, 7) is -2.57. The predicted molar refractivity (Wildman–Crippen MR) is 268 cm³/mol. The smallest absolute Gasteiger partial charge is 0.744 e. The molecule has 6 aromatic rings. The molecule has 2 heterocycles. The fourth-order valence-corrected chi connectivity index (χ4v) is 10.3. The van der Waals surface area contributed by atoms with Crippen molar-refractivity contribution in [2.24, 2.45) is 0 Å². The van der Waals surface area contributed by atoms with Gasteiger partial charge in [-0.15, -0.1) is 0 Å². The molecule has 0 amide bonds. The molecule has 8 N–H and O–H groups in total. The van der Waals surface area contributed by atoms with Crippen molar-refractivity contribution in [3.63, 3.8) is 0 Å². The number of nitrogens with one attached hydrogen (secondary N) is 4. The molecule has 46 heteroatoms. The van der Waals surface area contributed by atoms with Gasteiger partial charge in [0.25, 0.3) is 0 Å². The SMILES string of the molecule is O=S(=O)([O-])c1ccc(Nc2nc(Nc3ccc(/C=C/c4ccc(Nc5nc(Nc6ccc(SOO[O-])cc6S(=O)(=O)[O-])nc(N(CCO)CCO)n5)cc4S(=O)(=O)[O-])c(SOO[O-])c3)nc(N(CCO)CCO)n2)c(S(=O)(=O)[O-])c1.[Na+].[Na+].[Na+].[Na+].[Na+].[Na+]. The minimum Gasteiger partial charge on any atom is -0.744 e. The number of benzene rings is 4. The van der Waals surface area contributed by atoms with Gasteiger partial charge < -0.3 is 80.2 Å². The second-order valence-corrected chi connectivity index (χ2v) is 22.3. The molecule has 0 aliphatic heterocycles. The quantitative estimate of drug-likeness (QED) is 0.00518. The number of hydrogen-bond acceptors (Lipinski definition) is 36. The Bertz CT molecular complexity index is 3690. The van der Waals surface area contributed by atoms with E-state index in [0.29, 0.717) is 24.2 Å². The van der Waals surface area contributed by atoms with E-state index in [-0.39, 0.29) is 271 Å². The molecule has 0 unspecified atom stereocenters. The van der Waals surface area contributed by atoms with Crippen LogP contribution in [0.3, 0.4) is 0 Å². The van der Waals surface area contributed by atoms with Gasteiger partial charge in [0.2, 0.25) is 35.7 Å². The average molecular weight is 1370 g/mol. The monoisotopic (exact) mass is 1370 g/mol. The summed E-state index contributed by atoms with van der Waals surface area (Å²) in [5.74, 6) is -2.18. The van der Waals surface area contributed by atoms with Gasteiger partial charge in [-0.25, -0.2) is 33.7 Å². The number of aliphatic hydroxyl groups excluding tert-OH is 4. The molecule has 0 fully saturated rings. The Hall–Kier alpha value is -0.620. The van der Waals surface area contributed by atoms with Crippen molar-refractivity contribution in [2.75, 3.05) is 83.7 Å². The minimum absolute atomic E-state index is 0. The first-order chi connectivity index (χ1) is 37.9. The van der Waals surface area contributed by atoms with Crippen LogP contribution in [0.25, 0.3) is 12.2 Å². The molecule has 0 bridgehead atoms. The van der Waals surface area contributed by atoms with Crippen LogP contribution < -0.4 is 219 Å². The summed E-state index contributed by atoms with van der Waals surface area (Å²) < 4.78 is 155. The largest absolute Gasteiger partial charge is 1.00 e. The van der Waals surface area contributed by atoms with Crippen LogP contribution in [0.15, 0.2) is 102 Å². The molecule has 0 saturated carbocycles. The van der Waals surface area contributed by atoms with E-state index < -0.39 is 110 Å². The number of hydrogen-bond donors (Lipinski definition) is 8. The molecule has 34 nitrogen and oxygen atoms in total. The van der Waals surface area contributed by atoms with E-state index in [4.69, 9.17) is 0 Å². The maximum absolute atomic E-state index is 12.8. The Labute approximate surface area is 631 Å². The van der Waals surface area contributed by atoms with Gasteiger partial charge in [-0.2, -0.15) is 38.6 Å². The first-order valence-corrected chi connectivity index (χ1v) is 28.9. The van der Waals surface area contributed by atoms with E-state index >= 15 is 0 Å². The van der Waals surface area contributed by atoms with Crippen LogP contribution in [0.4, 0.5) is 58.4 Å². The molecular weight excluding hydrogens is 1330 g/mol. The van der Waals surface area contributed by atoms with Gasteiger partial charge in [0.1, 0.15) is 40.5 Å². The maximum Gasteiger partial charge on any atom is 1.00 e. The topological polar surface area (TPSA) is 525 Å². The van der Waals surface area contributed by atoms with E-state index in [9.17, 15) is 82.8 Å². The van der Waals surface area contributed by atoms with Gasteiger partial charge in [-0.1, -0.05) is 24.3 Å². The molecule has 2 aromatic heterocycles. The van der Waals surface area contributed by atoms with E-state index in [1.54, 1.807) is 0 Å². The summed E-state index contributed by atoms with van der Waals surface area (Å²) in [5, 5.41) is 77.5. The van der Waals surface area contributed by atoms with E-state index in [0.717, 1.165) is 24.3 Å². The van der Waals surface area contributed by atoms with Crippen molar-refractivity contribution in [3.8, 4) is 0 Å². The van der Waals surface area contributed by atoms with Crippen LogP contribution in [0, 0.1) is 0 Å². The first kappa shape index (κ1) is 85.4. The summed E-state index contributed by atoms with van der Waals surface area (Å²) in [6, 6.07) is 12.5. The van der Waals surface area contributed by atoms with Gasteiger partial charge in [0, 0.05) is 47.3 Å². The second-order valence-electron chi connectivity index (χ2n) is 15.3. The first-order valence-electron chi connectivity index (χ1n) is 21.7. The summed E-state index contributed by atoms with van der Waals surface area (Å²) in [5.41, 5.74) is -1.01. The van der Waals surface area contributed by atoms with Gasteiger partial charge in [-0.3, -0.25) is 10.1 Å². The zero-order valence-electron chi connectivity index (χ0n) is 45.9. The summed E-state index contributed by atoms with van der Waals surface area (Å²) >= 11 is 0.637. The molecule has 0 saturated heterocycles. The van der Waals surface area contributed by atoms with Gasteiger partial charge in [0.15, 0.2) is 0 Å². The zero-order chi connectivity index (χ0) is 58.4. The van der Waals surface area contributed by atoms with Crippen molar-refractivity contribution in [2.45, 2.75) is 29.4 Å². The van der Waals surface area contributed by atoms with Crippen LogP contribution in [0.5, 0.6) is 0 Å². The Balaban J connectivity index is 0.0000120. The van der Waals surface area contributed by atoms with Crippen molar-refractivity contribution >= 4 is 135 Å². The molecule has 4 aromatic carbocycles. The number of aliphatic hydroxyl groups is 4. The predicted octanol–water partition coefficient (Wildman–Crippen LogP) is -19.1. The summed E-state index contributed by atoms with van der Waals surface area (Å²) in [4.78, 5) is 24.0.